The predicted molar refractivity (Wildman–Crippen MR) is 162 cm³/mol. The predicted octanol–water partition coefficient (Wildman–Crippen LogP) is 2.17. The highest BCUT2D eigenvalue weighted by atomic mass is 16.2. The second-order valence-corrected chi connectivity index (χ2v) is 11.5. The van der Waals surface area contributed by atoms with Gasteiger partial charge in [-0.25, -0.2) is 0 Å². The number of hydrogen-bond acceptors (Lipinski definition) is 6. The fourth-order valence-electron chi connectivity index (χ4n) is 6.28. The average molecular weight is 572 g/mol. The lowest BCUT2D eigenvalue weighted by atomic mass is 9.68. The van der Waals surface area contributed by atoms with Gasteiger partial charge in [0.25, 0.3) is 11.8 Å². The van der Waals surface area contributed by atoms with Gasteiger partial charge in [0.1, 0.15) is 11.9 Å². The zero-order valence-corrected chi connectivity index (χ0v) is 25.2. The number of carbonyl (C=O) groups is 3. The van der Waals surface area contributed by atoms with Crippen molar-refractivity contribution < 1.29 is 14.4 Å². The fourth-order valence-corrected chi connectivity index (χ4v) is 6.28. The first-order valence-electron chi connectivity index (χ1n) is 14.4. The molecule has 3 amide bonds. The number of nitrogens with zero attached hydrogens (tertiary/aromatic N) is 4. The molecule has 10 nitrogen and oxygen atoms in total. The number of likely N-dealkylation sites (N-methyl/N-ethyl adjacent to an activating group) is 1. The Morgan fingerprint density at radius 2 is 1.55 bits per heavy atom. The van der Waals surface area contributed by atoms with E-state index in [1.807, 2.05) is 36.4 Å². The molecule has 1 heterocycles. The van der Waals surface area contributed by atoms with E-state index in [4.69, 9.17) is 0 Å². The molecule has 1 aliphatic carbocycles. The molecule has 1 atom stereocenters. The summed E-state index contributed by atoms with van der Waals surface area (Å²) in [5.74, 6) is 0.00981. The van der Waals surface area contributed by atoms with Gasteiger partial charge in [0.05, 0.1) is 18.0 Å². The van der Waals surface area contributed by atoms with Crippen LogP contribution in [0.2, 0.25) is 0 Å². The van der Waals surface area contributed by atoms with Crippen LogP contribution < -0.4 is 10.6 Å². The normalized spacial score (nSPS) is 16.9. The molecule has 1 unspecified atom stereocenters. The second-order valence-electron chi connectivity index (χ2n) is 11.5. The summed E-state index contributed by atoms with van der Waals surface area (Å²) in [6, 6.07) is 13.3. The van der Waals surface area contributed by atoms with Gasteiger partial charge < -0.3 is 25.3 Å². The zero-order valence-electron chi connectivity index (χ0n) is 25.2. The first-order chi connectivity index (χ1) is 20.0. The van der Waals surface area contributed by atoms with Gasteiger partial charge in [-0.1, -0.05) is 12.1 Å². The Labute approximate surface area is 248 Å². The van der Waals surface area contributed by atoms with E-state index in [1.54, 1.807) is 49.9 Å². The molecule has 0 bridgehead atoms. The Bertz CT molecular complexity index is 1350. The molecule has 2 aromatic carbocycles. The average Bonchev–Trinajstić information content (AvgIpc) is 3.43. The van der Waals surface area contributed by atoms with E-state index < -0.39 is 5.41 Å². The summed E-state index contributed by atoms with van der Waals surface area (Å²) >= 11 is 0. The molecule has 1 aliphatic heterocycles. The minimum atomic E-state index is -0.909. The largest absolute Gasteiger partial charge is 0.376 e. The maximum Gasteiger partial charge on any atom is 0.253 e. The highest BCUT2D eigenvalue weighted by Crippen LogP contribution is 2.43. The maximum absolute atomic E-state index is 12.9. The molecule has 2 aromatic rings. The summed E-state index contributed by atoms with van der Waals surface area (Å²) in [5, 5.41) is 25.0. The standard InChI is InChI=1S/C32H41N7O3/c1-35-31(34)32(14-15-36-20-28(40)39-16-6-7-25(39)19-33)26-12-10-23(29(41)37(2)3)17-21(26)8-9-22-18-24(11-13-27(22)32)30(42)38(4)5/h10-13,17-18,25,36H,6-9,14-16,20H2,1-5H3,(H2,34,35). The van der Waals surface area contributed by atoms with Crippen LogP contribution in [-0.2, 0) is 23.1 Å². The lowest BCUT2D eigenvalue weighted by molar-refractivity contribution is -0.130. The summed E-state index contributed by atoms with van der Waals surface area (Å²) in [7, 11) is 8.63. The van der Waals surface area contributed by atoms with Crippen molar-refractivity contribution in [3.05, 3.63) is 69.8 Å². The van der Waals surface area contributed by atoms with Gasteiger partial charge in [-0.05, 0) is 85.2 Å². The third kappa shape index (κ3) is 5.74. The molecule has 1 saturated heterocycles. The molecule has 0 radical (unpaired) electrons. The Morgan fingerprint density at radius 3 is 2.02 bits per heavy atom. The molecule has 2 aliphatic rings. The summed E-state index contributed by atoms with van der Waals surface area (Å²) in [4.78, 5) is 43.3. The lowest BCUT2D eigenvalue weighted by Gasteiger charge is -2.37. The van der Waals surface area contributed by atoms with E-state index in [-0.39, 0.29) is 30.3 Å². The monoisotopic (exact) mass is 571 g/mol. The van der Waals surface area contributed by atoms with Gasteiger partial charge >= 0.3 is 0 Å². The van der Waals surface area contributed by atoms with Crippen molar-refractivity contribution in [3.63, 3.8) is 0 Å². The SMILES string of the molecule is CNC(=N)C1(CCNCC(=O)N2CCCC2C#N)c2ccc(C(=O)N(C)C)cc2CCc2cc(C(=O)N(C)C)ccc21. The van der Waals surface area contributed by atoms with E-state index in [2.05, 4.69) is 16.7 Å². The molecular formula is C32H41N7O3. The molecule has 4 rings (SSSR count). The van der Waals surface area contributed by atoms with Crippen LogP contribution in [0.5, 0.6) is 0 Å². The highest BCUT2D eigenvalue weighted by molar-refractivity contribution is 5.98. The number of nitrogens with one attached hydrogen (secondary N) is 3. The zero-order chi connectivity index (χ0) is 30.6. The molecule has 42 heavy (non-hydrogen) atoms. The van der Waals surface area contributed by atoms with Crippen LogP contribution >= 0.6 is 0 Å². The Morgan fingerprint density at radius 1 is 1.00 bits per heavy atom. The van der Waals surface area contributed by atoms with Crippen LogP contribution in [0, 0.1) is 16.7 Å². The van der Waals surface area contributed by atoms with Crippen LogP contribution in [0.3, 0.4) is 0 Å². The fraction of sp³-hybridized carbons (Fsp3) is 0.469. The van der Waals surface area contributed by atoms with Crippen molar-refractivity contribution in [1.29, 1.82) is 10.7 Å². The van der Waals surface area contributed by atoms with Crippen LogP contribution in [0.15, 0.2) is 36.4 Å². The quantitative estimate of drug-likeness (QED) is 0.253. The summed E-state index contributed by atoms with van der Waals surface area (Å²) < 4.78 is 0. The molecular weight excluding hydrogens is 530 g/mol. The molecule has 0 saturated carbocycles. The van der Waals surface area contributed by atoms with Gasteiger partial charge in [-0.15, -0.1) is 0 Å². The minimum Gasteiger partial charge on any atom is -0.376 e. The highest BCUT2D eigenvalue weighted by Gasteiger charge is 2.43. The first-order valence-corrected chi connectivity index (χ1v) is 14.4. The Hall–Kier alpha value is -4.23. The van der Waals surface area contributed by atoms with Gasteiger partial charge in [0, 0.05) is 52.9 Å². The summed E-state index contributed by atoms with van der Waals surface area (Å²) in [6.07, 6.45) is 3.28. The van der Waals surface area contributed by atoms with Crippen LogP contribution in [0.4, 0.5) is 0 Å². The van der Waals surface area contributed by atoms with E-state index in [0.29, 0.717) is 55.7 Å². The molecule has 1 fully saturated rings. The van der Waals surface area contributed by atoms with Crippen molar-refractivity contribution in [2.75, 3.05) is 54.9 Å². The van der Waals surface area contributed by atoms with Crippen LogP contribution in [0.1, 0.15) is 62.2 Å². The topological polar surface area (TPSA) is 133 Å². The number of nitriles is 1. The van der Waals surface area contributed by atoms with Crippen molar-refractivity contribution in [1.82, 2.24) is 25.3 Å². The molecule has 10 heteroatoms. The maximum atomic E-state index is 12.9. The molecule has 0 aromatic heterocycles. The van der Waals surface area contributed by atoms with Crippen molar-refractivity contribution >= 4 is 23.6 Å². The van der Waals surface area contributed by atoms with E-state index in [0.717, 1.165) is 28.7 Å². The van der Waals surface area contributed by atoms with Crippen molar-refractivity contribution in [3.8, 4) is 6.07 Å². The number of fused-ring (bicyclic) bond motifs is 2. The second kappa shape index (κ2) is 12.7. The lowest BCUT2D eigenvalue weighted by Crippen LogP contribution is -2.47. The van der Waals surface area contributed by atoms with Gasteiger partial charge in [0.2, 0.25) is 5.91 Å². The van der Waals surface area contributed by atoms with Gasteiger partial charge in [-0.3, -0.25) is 19.8 Å². The first kappa shape index (κ1) is 30.7. The number of benzene rings is 2. The minimum absolute atomic E-state index is 0.0921. The van der Waals surface area contributed by atoms with Crippen molar-refractivity contribution in [2.45, 2.75) is 43.6 Å². The molecule has 222 valence electrons. The van der Waals surface area contributed by atoms with E-state index in [1.165, 1.54) is 0 Å². The number of aryl methyl sites for hydroxylation is 2. The van der Waals surface area contributed by atoms with E-state index >= 15 is 0 Å². The summed E-state index contributed by atoms with van der Waals surface area (Å²) in [6.45, 7) is 1.12. The number of likely N-dealkylation sites (tertiary alicyclic amines) is 1. The Balaban J connectivity index is 1.75. The molecule has 0 spiro atoms. The number of amides is 3. The van der Waals surface area contributed by atoms with Gasteiger partial charge in [0.15, 0.2) is 0 Å². The van der Waals surface area contributed by atoms with Gasteiger partial charge in [-0.2, -0.15) is 5.26 Å². The van der Waals surface area contributed by atoms with Crippen LogP contribution in [-0.4, -0.2) is 99.2 Å². The van der Waals surface area contributed by atoms with Crippen molar-refractivity contribution in [2.24, 2.45) is 0 Å². The number of rotatable bonds is 8. The Kier molecular flexibility index (Phi) is 9.32. The smallest absolute Gasteiger partial charge is 0.253 e. The van der Waals surface area contributed by atoms with Crippen LogP contribution in [0.25, 0.3) is 0 Å². The number of amidine groups is 1. The third-order valence-corrected chi connectivity index (χ3v) is 8.45. The summed E-state index contributed by atoms with van der Waals surface area (Å²) in [5.41, 5.74) is 4.07. The van der Waals surface area contributed by atoms with E-state index in [9.17, 15) is 25.1 Å². The third-order valence-electron chi connectivity index (χ3n) is 8.45. The molecule has 3 N–H and O–H groups in total. The number of hydrogen-bond donors (Lipinski definition) is 3. The number of carbonyl (C=O) groups excluding carboxylic acids is 3.